The van der Waals surface area contributed by atoms with Crippen molar-refractivity contribution in [1.29, 1.82) is 0 Å². The molecular weight excluding hydrogens is 426 g/mol. The van der Waals surface area contributed by atoms with E-state index in [1.807, 2.05) is 73.7 Å². The van der Waals surface area contributed by atoms with Crippen LogP contribution in [0.2, 0.25) is 0 Å². The molecule has 168 valence electrons. The molecule has 0 spiro atoms. The van der Waals surface area contributed by atoms with E-state index in [0.717, 1.165) is 16.3 Å². The first-order valence-corrected chi connectivity index (χ1v) is 11.0. The lowest BCUT2D eigenvalue weighted by molar-refractivity contribution is -0.132. The molecular formula is C29H23NO4. The Kier molecular flexibility index (Phi) is 5.38. The van der Waals surface area contributed by atoms with E-state index in [9.17, 15) is 14.7 Å². The number of nitrogens with zero attached hydrogens (tertiary/aromatic N) is 1. The van der Waals surface area contributed by atoms with Gasteiger partial charge in [0.25, 0.3) is 11.7 Å². The van der Waals surface area contributed by atoms with E-state index in [4.69, 9.17) is 4.74 Å². The number of methoxy groups -OCH3 is 1. The maximum Gasteiger partial charge on any atom is 0.300 e. The summed E-state index contributed by atoms with van der Waals surface area (Å²) in [5, 5.41) is 13.3. The number of aliphatic hydroxyl groups is 1. The van der Waals surface area contributed by atoms with Gasteiger partial charge in [0.2, 0.25) is 0 Å². The number of carbonyl (C=O) groups is 2. The van der Waals surface area contributed by atoms with Gasteiger partial charge in [-0.05, 0) is 35.9 Å². The van der Waals surface area contributed by atoms with Crippen LogP contribution in [-0.2, 0) is 9.59 Å². The van der Waals surface area contributed by atoms with Gasteiger partial charge in [-0.3, -0.25) is 14.5 Å². The summed E-state index contributed by atoms with van der Waals surface area (Å²) in [5.74, 6) is -1.11. The molecule has 0 aromatic heterocycles. The van der Waals surface area contributed by atoms with E-state index in [2.05, 4.69) is 0 Å². The summed E-state index contributed by atoms with van der Waals surface area (Å²) in [4.78, 5) is 28.3. The van der Waals surface area contributed by atoms with Crippen molar-refractivity contribution in [2.24, 2.45) is 0 Å². The number of rotatable bonds is 4. The molecule has 0 saturated carbocycles. The number of para-hydroxylation sites is 1. The lowest BCUT2D eigenvalue weighted by Gasteiger charge is -2.26. The summed E-state index contributed by atoms with van der Waals surface area (Å²) in [7, 11) is 1.54. The molecule has 0 radical (unpaired) electrons. The van der Waals surface area contributed by atoms with E-state index < -0.39 is 17.7 Å². The number of carbonyl (C=O) groups excluding carboxylic acids is 2. The lowest BCUT2D eigenvalue weighted by atomic mass is 9.92. The van der Waals surface area contributed by atoms with Crippen molar-refractivity contribution < 1.29 is 19.4 Å². The van der Waals surface area contributed by atoms with Gasteiger partial charge < -0.3 is 9.84 Å². The molecule has 1 unspecified atom stereocenters. The minimum Gasteiger partial charge on any atom is -0.507 e. The summed E-state index contributed by atoms with van der Waals surface area (Å²) >= 11 is 0. The molecule has 0 bridgehead atoms. The highest BCUT2D eigenvalue weighted by atomic mass is 16.5. The molecule has 1 N–H and O–H groups in total. The van der Waals surface area contributed by atoms with Gasteiger partial charge in [-0.25, -0.2) is 0 Å². The monoisotopic (exact) mass is 449 g/mol. The molecule has 1 fully saturated rings. The molecule has 1 heterocycles. The highest BCUT2D eigenvalue weighted by molar-refractivity contribution is 6.51. The van der Waals surface area contributed by atoms with Crippen molar-refractivity contribution >= 4 is 33.9 Å². The maximum absolute atomic E-state index is 13.4. The number of benzene rings is 4. The Morgan fingerprint density at radius 2 is 1.53 bits per heavy atom. The first-order chi connectivity index (χ1) is 16.5. The summed E-state index contributed by atoms with van der Waals surface area (Å²) in [6.45, 7) is 1.95. The van der Waals surface area contributed by atoms with Crippen molar-refractivity contribution in [3.8, 4) is 5.75 Å². The van der Waals surface area contributed by atoms with E-state index in [0.29, 0.717) is 22.6 Å². The number of amides is 1. The smallest absolute Gasteiger partial charge is 0.300 e. The molecule has 1 atom stereocenters. The Hall–Kier alpha value is -4.38. The van der Waals surface area contributed by atoms with Gasteiger partial charge in [-0.15, -0.1) is 0 Å². The SMILES string of the molecule is COc1ccccc1C1/C(=C(\O)c2cccc3ccccc23)C(=O)C(=O)N1c1ccc(C)cc1. The van der Waals surface area contributed by atoms with Gasteiger partial charge >= 0.3 is 0 Å². The van der Waals surface area contributed by atoms with Gasteiger partial charge in [0.05, 0.1) is 18.7 Å². The Morgan fingerprint density at radius 3 is 2.29 bits per heavy atom. The van der Waals surface area contributed by atoms with Crippen molar-refractivity contribution in [2.75, 3.05) is 12.0 Å². The number of aliphatic hydroxyl groups excluding tert-OH is 1. The third-order valence-corrected chi connectivity index (χ3v) is 6.23. The molecule has 5 rings (SSSR count). The fraction of sp³-hybridized carbons (Fsp3) is 0.103. The Morgan fingerprint density at radius 1 is 0.853 bits per heavy atom. The molecule has 5 heteroatoms. The third-order valence-electron chi connectivity index (χ3n) is 6.23. The van der Waals surface area contributed by atoms with Gasteiger partial charge in [-0.2, -0.15) is 0 Å². The predicted molar refractivity (Wildman–Crippen MR) is 133 cm³/mol. The van der Waals surface area contributed by atoms with Crippen LogP contribution in [0.15, 0.2) is 96.6 Å². The molecule has 5 nitrogen and oxygen atoms in total. The number of ether oxygens (including phenoxy) is 1. The largest absolute Gasteiger partial charge is 0.507 e. The van der Waals surface area contributed by atoms with Crippen LogP contribution < -0.4 is 9.64 Å². The van der Waals surface area contributed by atoms with Gasteiger partial charge in [0.1, 0.15) is 11.5 Å². The molecule has 4 aromatic carbocycles. The fourth-order valence-electron chi connectivity index (χ4n) is 4.57. The Balaban J connectivity index is 1.80. The number of anilines is 1. The molecule has 4 aromatic rings. The highest BCUT2D eigenvalue weighted by Crippen LogP contribution is 2.45. The zero-order valence-corrected chi connectivity index (χ0v) is 18.9. The second-order valence-corrected chi connectivity index (χ2v) is 8.27. The summed E-state index contributed by atoms with van der Waals surface area (Å²) in [5.41, 5.74) is 2.75. The second-order valence-electron chi connectivity index (χ2n) is 8.27. The van der Waals surface area contributed by atoms with Crippen LogP contribution in [-0.4, -0.2) is 23.9 Å². The lowest BCUT2D eigenvalue weighted by Crippen LogP contribution is -2.29. The second kappa shape index (κ2) is 8.52. The number of hydrogen-bond donors (Lipinski definition) is 1. The number of ketones is 1. The zero-order valence-electron chi connectivity index (χ0n) is 18.9. The highest BCUT2D eigenvalue weighted by Gasteiger charge is 2.48. The molecule has 0 aliphatic carbocycles. The summed E-state index contributed by atoms with van der Waals surface area (Å²) in [6, 6.07) is 26.9. The first kappa shape index (κ1) is 21.5. The fourth-order valence-corrected chi connectivity index (χ4v) is 4.57. The topological polar surface area (TPSA) is 66.8 Å². The van der Waals surface area contributed by atoms with Gasteiger partial charge in [0, 0.05) is 16.8 Å². The molecule has 1 aliphatic rings. The standard InChI is InChI=1S/C29H23NO4/c1-18-14-16-20(17-15-18)30-26(23-11-5-6-13-24(23)34-2)25(28(32)29(30)33)27(31)22-12-7-9-19-8-3-4-10-21(19)22/h3-17,26,31H,1-2H3/b27-25+. The summed E-state index contributed by atoms with van der Waals surface area (Å²) in [6.07, 6.45) is 0. The minimum absolute atomic E-state index is 0.0337. The number of fused-ring (bicyclic) bond motifs is 1. The number of hydrogen-bond acceptors (Lipinski definition) is 4. The summed E-state index contributed by atoms with van der Waals surface area (Å²) < 4.78 is 5.58. The van der Waals surface area contributed by atoms with Crippen LogP contribution in [0.1, 0.15) is 22.7 Å². The Labute approximate surface area is 197 Å². The first-order valence-electron chi connectivity index (χ1n) is 11.0. The van der Waals surface area contributed by atoms with Crippen molar-refractivity contribution in [3.05, 3.63) is 113 Å². The molecule has 1 saturated heterocycles. The van der Waals surface area contributed by atoms with E-state index in [-0.39, 0.29) is 11.3 Å². The average molecular weight is 450 g/mol. The predicted octanol–water partition coefficient (Wildman–Crippen LogP) is 5.78. The van der Waals surface area contributed by atoms with Gasteiger partial charge in [-0.1, -0.05) is 78.4 Å². The van der Waals surface area contributed by atoms with Crippen LogP contribution in [0.25, 0.3) is 16.5 Å². The minimum atomic E-state index is -0.849. The number of aryl methyl sites for hydroxylation is 1. The maximum atomic E-state index is 13.4. The molecule has 1 aliphatic heterocycles. The van der Waals surface area contributed by atoms with Crippen LogP contribution in [0.4, 0.5) is 5.69 Å². The number of Topliss-reactive ketones (excluding diaryl/α,β-unsaturated/α-hetero) is 1. The van der Waals surface area contributed by atoms with E-state index in [1.165, 1.54) is 4.90 Å². The van der Waals surface area contributed by atoms with Crippen molar-refractivity contribution in [3.63, 3.8) is 0 Å². The van der Waals surface area contributed by atoms with Gasteiger partial charge in [0.15, 0.2) is 0 Å². The third kappa shape index (κ3) is 3.42. The average Bonchev–Trinajstić information content (AvgIpc) is 3.14. The normalized spacial score (nSPS) is 17.4. The van der Waals surface area contributed by atoms with E-state index in [1.54, 1.807) is 31.4 Å². The van der Waals surface area contributed by atoms with E-state index >= 15 is 0 Å². The Bertz CT molecular complexity index is 1450. The zero-order chi connectivity index (χ0) is 23.8. The van der Waals surface area contributed by atoms with Crippen LogP contribution in [0, 0.1) is 6.92 Å². The quantitative estimate of drug-likeness (QED) is 0.244. The van der Waals surface area contributed by atoms with Crippen molar-refractivity contribution in [2.45, 2.75) is 13.0 Å². The molecule has 34 heavy (non-hydrogen) atoms. The van der Waals surface area contributed by atoms with Crippen molar-refractivity contribution in [1.82, 2.24) is 0 Å². The molecule has 1 amide bonds. The van der Waals surface area contributed by atoms with Crippen LogP contribution in [0.3, 0.4) is 0 Å². The van der Waals surface area contributed by atoms with Crippen LogP contribution >= 0.6 is 0 Å². The van der Waals surface area contributed by atoms with Crippen LogP contribution in [0.5, 0.6) is 5.75 Å².